The Balaban J connectivity index is 1.79. The highest BCUT2D eigenvalue weighted by Gasteiger charge is 2.48. The molecule has 0 amide bonds. The number of aliphatic hydroxyl groups is 1. The van der Waals surface area contributed by atoms with E-state index in [4.69, 9.17) is 4.52 Å². The summed E-state index contributed by atoms with van der Waals surface area (Å²) in [4.78, 5) is 8.53. The Morgan fingerprint density at radius 2 is 2.20 bits per heavy atom. The summed E-state index contributed by atoms with van der Waals surface area (Å²) in [6, 6.07) is 3.99. The van der Waals surface area contributed by atoms with Crippen LogP contribution in [0.25, 0.3) is 28.1 Å². The Morgan fingerprint density at radius 3 is 2.96 bits per heavy atom. The number of hydrogen-bond donors (Lipinski definition) is 1. The second kappa shape index (κ2) is 4.51. The lowest BCUT2D eigenvalue weighted by atomic mass is 10.2. The van der Waals surface area contributed by atoms with E-state index in [0.29, 0.717) is 40.0 Å². The average molecular weight is 341 g/mol. The normalized spacial score (nSPS) is 16.0. The average Bonchev–Trinajstić information content (AvgIpc) is 3.04. The first-order chi connectivity index (χ1) is 12.0. The summed E-state index contributed by atoms with van der Waals surface area (Å²) in [5.41, 5.74) is 0.882. The molecule has 1 aliphatic carbocycles. The second-order valence-electron chi connectivity index (χ2n) is 6.28. The molecule has 4 aromatic rings. The third kappa shape index (κ3) is 1.89. The predicted octanol–water partition coefficient (Wildman–Crippen LogP) is 1.60. The van der Waals surface area contributed by atoms with E-state index in [1.54, 1.807) is 11.3 Å². The van der Waals surface area contributed by atoms with Crippen molar-refractivity contribution in [1.82, 2.24) is 19.5 Å². The van der Waals surface area contributed by atoms with E-state index < -0.39 is 11.4 Å². The van der Waals surface area contributed by atoms with Crippen LogP contribution in [0.4, 0.5) is 4.39 Å². The van der Waals surface area contributed by atoms with Crippen LogP contribution in [0.5, 0.6) is 0 Å². The van der Waals surface area contributed by atoms with Gasteiger partial charge in [0.1, 0.15) is 34.5 Å². The van der Waals surface area contributed by atoms with E-state index in [0.717, 1.165) is 0 Å². The maximum absolute atomic E-state index is 13.5. The Hall–Kier alpha value is -3.07. The monoisotopic (exact) mass is 341 g/mol. The van der Waals surface area contributed by atoms with Gasteiger partial charge in [-0.15, -0.1) is 0 Å². The zero-order valence-electron chi connectivity index (χ0n) is 13.1. The number of imidazole rings is 1. The molecule has 25 heavy (non-hydrogen) atoms. The van der Waals surface area contributed by atoms with Gasteiger partial charge in [0.05, 0.1) is 0 Å². The largest absolute Gasteiger partial charge is 0.618 e. The zero-order chi connectivity index (χ0) is 17.3. The highest BCUT2D eigenvalue weighted by molar-refractivity contribution is 5.82. The summed E-state index contributed by atoms with van der Waals surface area (Å²) < 4.78 is 21.0. The van der Waals surface area contributed by atoms with Crippen molar-refractivity contribution < 1.29 is 18.8 Å². The van der Waals surface area contributed by atoms with Gasteiger partial charge in [-0.05, 0) is 25.0 Å². The fraction of sp³-hybridized carbons (Fsp3) is 0.250. The smallest absolute Gasteiger partial charge is 0.258 e. The Kier molecular flexibility index (Phi) is 2.58. The lowest BCUT2D eigenvalue weighted by molar-refractivity contribution is -0.583. The number of fused-ring (bicyclic) bond motifs is 3. The molecule has 0 radical (unpaired) electrons. The molecule has 0 unspecified atom stereocenters. The Labute approximate surface area is 139 Å². The lowest BCUT2D eigenvalue weighted by Crippen LogP contribution is -2.32. The van der Waals surface area contributed by atoms with Gasteiger partial charge in [-0.1, -0.05) is 5.16 Å². The molecule has 1 N–H and O–H groups in total. The van der Waals surface area contributed by atoms with Gasteiger partial charge in [0.25, 0.3) is 5.89 Å². The van der Waals surface area contributed by atoms with Crippen LogP contribution in [0.3, 0.4) is 0 Å². The first-order valence-electron chi connectivity index (χ1n) is 7.73. The maximum Gasteiger partial charge on any atom is 0.258 e. The van der Waals surface area contributed by atoms with Gasteiger partial charge >= 0.3 is 0 Å². The number of hydrogen-bond acceptors (Lipinski definition) is 6. The SMILES string of the molecule is Cc1c2c(-c3noc(C4(O)CC4)n3)ncn2c2ccc(F)cc2[n+]1[O-]. The van der Waals surface area contributed by atoms with Crippen LogP contribution in [-0.2, 0) is 5.60 Å². The van der Waals surface area contributed by atoms with Crippen LogP contribution in [0.1, 0.15) is 24.4 Å². The van der Waals surface area contributed by atoms with Gasteiger partial charge < -0.3 is 14.8 Å². The molecule has 5 rings (SSSR count). The lowest BCUT2D eigenvalue weighted by Gasteiger charge is -2.08. The van der Waals surface area contributed by atoms with Crippen molar-refractivity contribution in [3.05, 3.63) is 47.1 Å². The van der Waals surface area contributed by atoms with Crippen molar-refractivity contribution in [2.45, 2.75) is 25.4 Å². The van der Waals surface area contributed by atoms with Gasteiger partial charge in [0.15, 0.2) is 0 Å². The van der Waals surface area contributed by atoms with Gasteiger partial charge in [0, 0.05) is 13.0 Å². The molecule has 0 atom stereocenters. The van der Waals surface area contributed by atoms with E-state index in [1.165, 1.54) is 24.5 Å². The van der Waals surface area contributed by atoms with Crippen LogP contribution in [0.2, 0.25) is 0 Å². The van der Waals surface area contributed by atoms with Crippen LogP contribution < -0.4 is 4.73 Å². The molecule has 0 aliphatic heterocycles. The first-order valence-corrected chi connectivity index (χ1v) is 7.73. The molecule has 8 nitrogen and oxygen atoms in total. The van der Waals surface area contributed by atoms with E-state index in [1.807, 2.05) is 0 Å². The molecule has 126 valence electrons. The van der Waals surface area contributed by atoms with Crippen LogP contribution in [-0.4, -0.2) is 24.6 Å². The van der Waals surface area contributed by atoms with Crippen molar-refractivity contribution in [2.24, 2.45) is 0 Å². The minimum absolute atomic E-state index is 0.152. The molecular weight excluding hydrogens is 329 g/mol. The van der Waals surface area contributed by atoms with Crippen molar-refractivity contribution in [3.8, 4) is 11.5 Å². The van der Waals surface area contributed by atoms with Crippen molar-refractivity contribution in [3.63, 3.8) is 0 Å². The number of halogens is 1. The Bertz CT molecular complexity index is 1160. The number of rotatable bonds is 2. The maximum atomic E-state index is 13.5. The van der Waals surface area contributed by atoms with E-state index in [-0.39, 0.29) is 17.2 Å². The van der Waals surface area contributed by atoms with Crippen molar-refractivity contribution >= 4 is 16.6 Å². The third-order valence-corrected chi connectivity index (χ3v) is 4.59. The van der Waals surface area contributed by atoms with Crippen LogP contribution in [0, 0.1) is 17.9 Å². The van der Waals surface area contributed by atoms with E-state index in [9.17, 15) is 14.7 Å². The highest BCUT2D eigenvalue weighted by Crippen LogP contribution is 2.44. The molecule has 1 saturated carbocycles. The van der Waals surface area contributed by atoms with Gasteiger partial charge in [-0.25, -0.2) is 9.37 Å². The molecular formula is C16H12FN5O3. The summed E-state index contributed by atoms with van der Waals surface area (Å²) in [6.45, 7) is 1.62. The number of aryl methyl sites for hydroxylation is 1. The standard InChI is InChI=1S/C16H12FN5O3/c1-8-13-12(14-19-15(25-20-14)16(23)4-5-16)18-7-21(13)10-3-2-9(17)6-11(10)22(8)24/h2-3,6-7,23H,4-5H2,1H3. The van der Waals surface area contributed by atoms with E-state index >= 15 is 0 Å². The number of nitrogens with zero attached hydrogens (tertiary/aromatic N) is 5. The van der Waals surface area contributed by atoms with Gasteiger partial charge in [0.2, 0.25) is 17.0 Å². The summed E-state index contributed by atoms with van der Waals surface area (Å²) in [5, 5.41) is 26.5. The molecule has 3 aromatic heterocycles. The fourth-order valence-corrected chi connectivity index (χ4v) is 3.02. The summed E-state index contributed by atoms with van der Waals surface area (Å²) >= 11 is 0. The summed E-state index contributed by atoms with van der Waals surface area (Å²) in [6.07, 6.45) is 2.68. The van der Waals surface area contributed by atoms with E-state index in [2.05, 4.69) is 15.1 Å². The van der Waals surface area contributed by atoms with Crippen molar-refractivity contribution in [2.75, 3.05) is 0 Å². The third-order valence-electron chi connectivity index (χ3n) is 4.59. The first kappa shape index (κ1) is 14.3. The quantitative estimate of drug-likeness (QED) is 0.439. The fourth-order valence-electron chi connectivity index (χ4n) is 3.02. The second-order valence-corrected chi connectivity index (χ2v) is 6.28. The molecule has 1 aliphatic rings. The zero-order valence-corrected chi connectivity index (χ0v) is 13.1. The molecule has 0 saturated heterocycles. The van der Waals surface area contributed by atoms with Crippen molar-refractivity contribution in [1.29, 1.82) is 0 Å². The number of benzene rings is 1. The molecule has 9 heteroatoms. The Morgan fingerprint density at radius 1 is 1.40 bits per heavy atom. The molecule has 3 heterocycles. The minimum atomic E-state index is -1.04. The summed E-state index contributed by atoms with van der Waals surface area (Å²) in [5.74, 6) is -0.141. The van der Waals surface area contributed by atoms with Crippen LogP contribution in [0.15, 0.2) is 29.0 Å². The van der Waals surface area contributed by atoms with Gasteiger partial charge in [-0.3, -0.25) is 4.40 Å². The number of aromatic nitrogens is 5. The molecule has 1 fully saturated rings. The highest BCUT2D eigenvalue weighted by atomic mass is 19.1. The topological polar surface area (TPSA) is 103 Å². The van der Waals surface area contributed by atoms with Gasteiger partial charge in [-0.2, -0.15) is 9.71 Å². The molecule has 1 aromatic carbocycles. The summed E-state index contributed by atoms with van der Waals surface area (Å²) in [7, 11) is 0. The van der Waals surface area contributed by atoms with Crippen LogP contribution >= 0.6 is 0 Å². The molecule has 0 spiro atoms. The minimum Gasteiger partial charge on any atom is -0.618 e. The predicted molar refractivity (Wildman–Crippen MR) is 82.8 cm³/mol. The molecule has 0 bridgehead atoms.